The average molecular weight is 288 g/mol. The summed E-state index contributed by atoms with van der Waals surface area (Å²) in [7, 11) is 0. The molecule has 1 N–H and O–H groups in total. The first-order valence-electron chi connectivity index (χ1n) is 5.88. The molecule has 1 aromatic carbocycles. The minimum atomic E-state index is 0.338. The van der Waals surface area contributed by atoms with Gasteiger partial charge in [0.1, 0.15) is 11.8 Å². The molecular weight excluding hydrogens is 278 g/mol. The van der Waals surface area contributed by atoms with Crippen LogP contribution in [-0.4, -0.2) is 25.9 Å². The van der Waals surface area contributed by atoms with Crippen molar-refractivity contribution in [2.24, 2.45) is 0 Å². The molecule has 0 spiro atoms. The van der Waals surface area contributed by atoms with E-state index in [9.17, 15) is 4.79 Å². The Morgan fingerprint density at radius 3 is 3.05 bits per heavy atom. The van der Waals surface area contributed by atoms with Crippen molar-refractivity contribution in [2.75, 3.05) is 5.32 Å². The van der Waals surface area contributed by atoms with Crippen LogP contribution in [0.25, 0.3) is 11.2 Å². The Hall–Kier alpha value is -2.47. The van der Waals surface area contributed by atoms with Crippen molar-refractivity contribution in [1.82, 2.24) is 19.5 Å². The predicted octanol–water partition coefficient (Wildman–Crippen LogP) is 2.10. The second-order valence-electron chi connectivity index (χ2n) is 4.17. The summed E-state index contributed by atoms with van der Waals surface area (Å²) < 4.78 is 1.88. The fourth-order valence-electron chi connectivity index (χ4n) is 1.99. The van der Waals surface area contributed by atoms with Crippen molar-refractivity contribution in [2.45, 2.75) is 6.54 Å². The molecule has 2 aromatic heterocycles. The number of nitrogens with zero attached hydrogens (tertiary/aromatic N) is 4. The average Bonchev–Trinajstić information content (AvgIpc) is 2.84. The maximum atomic E-state index is 10.5. The molecule has 3 rings (SSSR count). The van der Waals surface area contributed by atoms with E-state index in [4.69, 9.17) is 11.6 Å². The number of halogens is 1. The van der Waals surface area contributed by atoms with Crippen LogP contribution in [0.2, 0.25) is 5.15 Å². The molecule has 0 aliphatic rings. The molecule has 0 atom stereocenters. The lowest BCUT2D eigenvalue weighted by Gasteiger charge is -2.06. The number of anilines is 1. The fraction of sp³-hybridized carbons (Fsp3) is 0.0769. The third kappa shape index (κ3) is 2.33. The van der Waals surface area contributed by atoms with E-state index in [2.05, 4.69) is 20.3 Å². The van der Waals surface area contributed by atoms with Gasteiger partial charge in [-0.15, -0.1) is 0 Å². The van der Waals surface area contributed by atoms with E-state index in [0.717, 1.165) is 11.3 Å². The summed E-state index contributed by atoms with van der Waals surface area (Å²) in [5.74, 6) is 0. The Morgan fingerprint density at radius 1 is 1.30 bits per heavy atom. The largest absolute Gasteiger partial charge is 0.329 e. The lowest BCUT2D eigenvalue weighted by molar-refractivity contribution is -0.105. The van der Waals surface area contributed by atoms with Crippen LogP contribution in [0.4, 0.5) is 5.69 Å². The Bertz CT molecular complexity index is 770. The molecule has 7 heteroatoms. The number of nitrogens with one attached hydrogen (secondary N) is 1. The van der Waals surface area contributed by atoms with Gasteiger partial charge in [-0.2, -0.15) is 0 Å². The van der Waals surface area contributed by atoms with Gasteiger partial charge in [-0.1, -0.05) is 23.7 Å². The molecule has 20 heavy (non-hydrogen) atoms. The van der Waals surface area contributed by atoms with Crippen LogP contribution < -0.4 is 5.32 Å². The molecule has 100 valence electrons. The number of aromatic nitrogens is 4. The van der Waals surface area contributed by atoms with Crippen molar-refractivity contribution in [3.63, 3.8) is 0 Å². The van der Waals surface area contributed by atoms with Crippen LogP contribution in [0.1, 0.15) is 5.56 Å². The molecule has 0 aliphatic heterocycles. The molecular formula is C13H10ClN5O. The number of fused-ring (bicyclic) bond motifs is 1. The minimum Gasteiger partial charge on any atom is -0.329 e. The number of rotatable bonds is 4. The van der Waals surface area contributed by atoms with E-state index < -0.39 is 0 Å². The number of hydrogen-bond donors (Lipinski definition) is 1. The minimum absolute atomic E-state index is 0.338. The molecule has 1 amide bonds. The van der Waals surface area contributed by atoms with E-state index in [1.807, 2.05) is 28.8 Å². The topological polar surface area (TPSA) is 72.7 Å². The Balaban J connectivity index is 1.95. The van der Waals surface area contributed by atoms with E-state index >= 15 is 0 Å². The predicted molar refractivity (Wildman–Crippen MR) is 75.6 cm³/mol. The molecule has 0 bridgehead atoms. The lowest BCUT2D eigenvalue weighted by Crippen LogP contribution is -2.01. The number of imidazole rings is 1. The van der Waals surface area contributed by atoms with Crippen molar-refractivity contribution in [3.8, 4) is 0 Å². The van der Waals surface area contributed by atoms with E-state index in [1.54, 1.807) is 6.33 Å². The molecule has 0 saturated carbocycles. The number of hydrogen-bond acceptors (Lipinski definition) is 4. The third-order valence-electron chi connectivity index (χ3n) is 2.86. The third-order valence-corrected chi connectivity index (χ3v) is 3.14. The Labute approximate surface area is 119 Å². The molecule has 0 unspecified atom stereocenters. The summed E-state index contributed by atoms with van der Waals surface area (Å²) in [6.07, 6.45) is 3.73. The highest BCUT2D eigenvalue weighted by Gasteiger charge is 2.08. The quantitative estimate of drug-likeness (QED) is 0.589. The summed E-state index contributed by atoms with van der Waals surface area (Å²) >= 11 is 5.96. The zero-order valence-corrected chi connectivity index (χ0v) is 11.1. The van der Waals surface area contributed by atoms with Gasteiger partial charge >= 0.3 is 0 Å². The van der Waals surface area contributed by atoms with Gasteiger partial charge in [-0.3, -0.25) is 4.79 Å². The van der Waals surface area contributed by atoms with Gasteiger partial charge in [0.15, 0.2) is 10.8 Å². The lowest BCUT2D eigenvalue weighted by atomic mass is 10.2. The van der Waals surface area contributed by atoms with Crippen LogP contribution in [-0.2, 0) is 11.3 Å². The Morgan fingerprint density at radius 2 is 2.20 bits per heavy atom. The van der Waals surface area contributed by atoms with Gasteiger partial charge in [0, 0.05) is 5.69 Å². The summed E-state index contributed by atoms with van der Waals surface area (Å²) in [4.78, 5) is 22.8. The zero-order valence-electron chi connectivity index (χ0n) is 10.3. The smallest absolute Gasteiger partial charge is 0.211 e. The maximum absolute atomic E-state index is 10.5. The van der Waals surface area contributed by atoms with Crippen molar-refractivity contribution in [3.05, 3.63) is 47.6 Å². The number of carbonyl (C=O) groups excluding carboxylic acids is 1. The highest BCUT2D eigenvalue weighted by molar-refractivity contribution is 6.33. The molecule has 3 aromatic rings. The first kappa shape index (κ1) is 12.6. The molecule has 6 nitrogen and oxygen atoms in total. The van der Waals surface area contributed by atoms with E-state index in [0.29, 0.717) is 29.3 Å². The first-order chi connectivity index (χ1) is 9.78. The number of carbonyl (C=O) groups is 1. The summed E-state index contributed by atoms with van der Waals surface area (Å²) in [5, 5.41) is 2.96. The van der Waals surface area contributed by atoms with Crippen LogP contribution in [0.15, 0.2) is 36.9 Å². The normalized spacial score (nSPS) is 10.7. The molecule has 0 fully saturated rings. The van der Waals surface area contributed by atoms with Gasteiger partial charge in [0.25, 0.3) is 0 Å². The van der Waals surface area contributed by atoms with Crippen molar-refractivity contribution >= 4 is 34.9 Å². The number of benzene rings is 1. The van der Waals surface area contributed by atoms with Gasteiger partial charge in [0.2, 0.25) is 6.41 Å². The highest BCUT2D eigenvalue weighted by Crippen LogP contribution is 2.19. The fourth-order valence-corrected chi connectivity index (χ4v) is 2.17. The zero-order chi connectivity index (χ0) is 13.9. The second kappa shape index (κ2) is 5.26. The second-order valence-corrected chi connectivity index (χ2v) is 4.53. The SMILES string of the molecule is O=CNc1cccc(Cn2cnc3c(Cl)ncnc32)c1. The summed E-state index contributed by atoms with van der Waals surface area (Å²) in [5.41, 5.74) is 3.02. The molecule has 0 radical (unpaired) electrons. The molecule has 2 heterocycles. The van der Waals surface area contributed by atoms with Crippen LogP contribution in [0, 0.1) is 0 Å². The highest BCUT2D eigenvalue weighted by atomic mass is 35.5. The van der Waals surface area contributed by atoms with Gasteiger partial charge < -0.3 is 9.88 Å². The first-order valence-corrected chi connectivity index (χ1v) is 6.26. The monoisotopic (exact) mass is 287 g/mol. The number of amides is 1. The standard InChI is InChI=1S/C13H10ClN5O/c14-12-11-13(16-6-15-12)19(7-17-11)5-9-2-1-3-10(4-9)18-8-20/h1-4,6-8H,5H2,(H,18,20). The van der Waals surface area contributed by atoms with Crippen LogP contribution in [0.5, 0.6) is 0 Å². The summed E-state index contributed by atoms with van der Waals surface area (Å²) in [6.45, 7) is 0.582. The van der Waals surface area contributed by atoms with Crippen molar-refractivity contribution < 1.29 is 4.79 Å². The van der Waals surface area contributed by atoms with E-state index in [1.165, 1.54) is 6.33 Å². The van der Waals surface area contributed by atoms with Crippen LogP contribution >= 0.6 is 11.6 Å². The Kier molecular flexibility index (Phi) is 3.30. The molecule has 0 aliphatic carbocycles. The van der Waals surface area contributed by atoms with Crippen LogP contribution in [0.3, 0.4) is 0 Å². The van der Waals surface area contributed by atoms with Gasteiger partial charge in [-0.05, 0) is 17.7 Å². The van der Waals surface area contributed by atoms with E-state index in [-0.39, 0.29) is 0 Å². The van der Waals surface area contributed by atoms with Gasteiger partial charge in [0.05, 0.1) is 12.9 Å². The van der Waals surface area contributed by atoms with Crippen molar-refractivity contribution in [1.29, 1.82) is 0 Å². The van der Waals surface area contributed by atoms with Gasteiger partial charge in [-0.25, -0.2) is 15.0 Å². The molecule has 0 saturated heterocycles. The maximum Gasteiger partial charge on any atom is 0.211 e. The summed E-state index contributed by atoms with van der Waals surface area (Å²) in [6, 6.07) is 7.55.